The Morgan fingerprint density at radius 3 is 2.75 bits per heavy atom. The summed E-state index contributed by atoms with van der Waals surface area (Å²) in [6, 6.07) is 6.90. The number of carbonyl (C=O) groups excluding carboxylic acids is 1. The van der Waals surface area contributed by atoms with E-state index >= 15 is 0 Å². The van der Waals surface area contributed by atoms with E-state index in [1.807, 2.05) is 12.1 Å². The zero-order chi connectivity index (χ0) is 14.9. The fraction of sp³-hybridized carbons (Fsp3) is 0.533. The number of hydrogen-bond donors (Lipinski definition) is 1. The van der Waals surface area contributed by atoms with Crippen LogP contribution in [0, 0.1) is 0 Å². The number of halogens is 1. The first-order valence-corrected chi connectivity index (χ1v) is 6.75. The van der Waals surface area contributed by atoms with E-state index in [0.29, 0.717) is 5.69 Å². The van der Waals surface area contributed by atoms with E-state index in [-0.39, 0.29) is 19.0 Å². The van der Waals surface area contributed by atoms with Crippen molar-refractivity contribution in [1.82, 2.24) is 4.90 Å². The van der Waals surface area contributed by atoms with E-state index in [1.165, 1.54) is 4.90 Å². The molecule has 1 saturated heterocycles. The third kappa shape index (κ3) is 3.40. The normalized spacial score (nSPS) is 22.9. The van der Waals surface area contributed by atoms with Gasteiger partial charge in [0, 0.05) is 12.1 Å². The third-order valence-corrected chi connectivity index (χ3v) is 3.17. The Kier molecular flexibility index (Phi) is 3.88. The summed E-state index contributed by atoms with van der Waals surface area (Å²) >= 11 is 0. The first kappa shape index (κ1) is 14.6. The monoisotopic (exact) mass is 280 g/mol. The minimum Gasteiger partial charge on any atom is -0.444 e. The molecule has 2 unspecified atom stereocenters. The molecular formula is C15H21FN2O2. The maximum atomic E-state index is 13.7. The molecule has 0 spiro atoms. The summed E-state index contributed by atoms with van der Waals surface area (Å²) in [5.41, 5.74) is 6.61. The van der Waals surface area contributed by atoms with Crippen molar-refractivity contribution in [3.05, 3.63) is 29.8 Å². The van der Waals surface area contributed by atoms with Gasteiger partial charge in [0.15, 0.2) is 0 Å². The number of carbonyl (C=O) groups is 1. The predicted octanol–water partition coefficient (Wildman–Crippen LogP) is 3.29. The van der Waals surface area contributed by atoms with Crippen LogP contribution in [0.3, 0.4) is 0 Å². The van der Waals surface area contributed by atoms with E-state index in [1.54, 1.807) is 32.9 Å². The molecular weight excluding hydrogens is 259 g/mol. The quantitative estimate of drug-likeness (QED) is 0.803. The number of hydrogen-bond acceptors (Lipinski definition) is 3. The molecule has 110 valence electrons. The highest BCUT2D eigenvalue weighted by Crippen LogP contribution is 2.35. The molecule has 4 nitrogen and oxygen atoms in total. The van der Waals surface area contributed by atoms with Crippen LogP contribution < -0.4 is 5.73 Å². The summed E-state index contributed by atoms with van der Waals surface area (Å²) in [4.78, 5) is 13.6. The van der Waals surface area contributed by atoms with Gasteiger partial charge in [-0.15, -0.1) is 0 Å². The molecule has 5 heteroatoms. The molecule has 2 N–H and O–H groups in total. The van der Waals surface area contributed by atoms with Crippen molar-refractivity contribution < 1.29 is 13.9 Å². The lowest BCUT2D eigenvalue weighted by Gasteiger charge is -2.28. The van der Waals surface area contributed by atoms with Crippen molar-refractivity contribution >= 4 is 11.8 Å². The predicted molar refractivity (Wildman–Crippen MR) is 76.0 cm³/mol. The van der Waals surface area contributed by atoms with Crippen LogP contribution in [0.2, 0.25) is 0 Å². The zero-order valence-electron chi connectivity index (χ0n) is 12.1. The maximum Gasteiger partial charge on any atom is 0.410 e. The summed E-state index contributed by atoms with van der Waals surface area (Å²) in [6.45, 7) is 5.45. The fourth-order valence-electron chi connectivity index (χ4n) is 2.39. The average molecular weight is 280 g/mol. The number of benzene rings is 1. The highest BCUT2D eigenvalue weighted by atomic mass is 19.1. The van der Waals surface area contributed by atoms with Crippen molar-refractivity contribution in [2.75, 3.05) is 12.3 Å². The van der Waals surface area contributed by atoms with E-state index in [2.05, 4.69) is 0 Å². The first-order valence-electron chi connectivity index (χ1n) is 6.75. The van der Waals surface area contributed by atoms with Gasteiger partial charge in [0.05, 0.1) is 12.6 Å². The average Bonchev–Trinajstić information content (AvgIpc) is 2.69. The Balaban J connectivity index is 2.21. The van der Waals surface area contributed by atoms with Crippen LogP contribution in [-0.2, 0) is 4.74 Å². The van der Waals surface area contributed by atoms with Crippen LogP contribution in [0.25, 0.3) is 0 Å². The van der Waals surface area contributed by atoms with Gasteiger partial charge in [-0.3, -0.25) is 4.90 Å². The zero-order valence-corrected chi connectivity index (χ0v) is 12.1. The summed E-state index contributed by atoms with van der Waals surface area (Å²) in [5, 5.41) is 0. The maximum absolute atomic E-state index is 13.7. The second-order valence-corrected chi connectivity index (χ2v) is 6.15. The van der Waals surface area contributed by atoms with Gasteiger partial charge in [0.2, 0.25) is 0 Å². The molecule has 1 aromatic carbocycles. The van der Waals surface area contributed by atoms with Crippen LogP contribution in [0.1, 0.15) is 38.8 Å². The van der Waals surface area contributed by atoms with Gasteiger partial charge in [-0.05, 0) is 38.5 Å². The third-order valence-electron chi connectivity index (χ3n) is 3.17. The minimum absolute atomic E-state index is 0.0639. The molecule has 1 heterocycles. The number of nitrogen functional groups attached to an aromatic ring is 1. The molecule has 0 saturated carbocycles. The molecule has 1 amide bonds. The van der Waals surface area contributed by atoms with Crippen LogP contribution in [0.5, 0.6) is 0 Å². The number of ether oxygens (including phenoxy) is 1. The Bertz CT molecular complexity index is 499. The molecule has 0 bridgehead atoms. The molecule has 1 fully saturated rings. The smallest absolute Gasteiger partial charge is 0.410 e. The summed E-state index contributed by atoms with van der Waals surface area (Å²) in [5.74, 6) is 0. The van der Waals surface area contributed by atoms with Crippen LogP contribution in [0.4, 0.5) is 14.9 Å². The van der Waals surface area contributed by atoms with Crippen LogP contribution >= 0.6 is 0 Å². The first-order chi connectivity index (χ1) is 9.26. The lowest BCUT2D eigenvalue weighted by Crippen LogP contribution is -2.37. The van der Waals surface area contributed by atoms with Crippen molar-refractivity contribution in [1.29, 1.82) is 0 Å². The number of alkyl halides is 1. The number of anilines is 1. The molecule has 0 aliphatic carbocycles. The summed E-state index contributed by atoms with van der Waals surface area (Å²) < 4.78 is 19.1. The number of nitrogens with zero attached hydrogens (tertiary/aromatic N) is 1. The minimum atomic E-state index is -1.03. The Morgan fingerprint density at radius 1 is 1.45 bits per heavy atom. The standard InChI is InChI=1S/C15H21FN2O2/c1-15(2,3)20-14(19)18-9-11(16)8-13(18)10-5-4-6-12(17)7-10/h4-7,11,13H,8-9,17H2,1-3H3. The van der Waals surface area contributed by atoms with Gasteiger partial charge in [0.1, 0.15) is 11.8 Å². The number of nitrogens with two attached hydrogens (primary N) is 1. The number of amides is 1. The van der Waals surface area contributed by atoms with Gasteiger partial charge in [-0.2, -0.15) is 0 Å². The van der Waals surface area contributed by atoms with Gasteiger partial charge in [-0.25, -0.2) is 9.18 Å². The summed E-state index contributed by atoms with van der Waals surface area (Å²) in [7, 11) is 0. The van der Waals surface area contributed by atoms with Gasteiger partial charge in [-0.1, -0.05) is 12.1 Å². The van der Waals surface area contributed by atoms with E-state index in [0.717, 1.165) is 5.56 Å². The molecule has 1 aliphatic rings. The van der Waals surface area contributed by atoms with Gasteiger partial charge < -0.3 is 10.5 Å². The molecule has 0 aromatic heterocycles. The second kappa shape index (κ2) is 5.31. The Hall–Kier alpha value is -1.78. The molecule has 1 aromatic rings. The lowest BCUT2D eigenvalue weighted by atomic mass is 10.0. The highest BCUT2D eigenvalue weighted by Gasteiger charge is 2.38. The highest BCUT2D eigenvalue weighted by molar-refractivity contribution is 5.69. The van der Waals surface area contributed by atoms with E-state index in [9.17, 15) is 9.18 Å². The lowest BCUT2D eigenvalue weighted by molar-refractivity contribution is 0.0216. The van der Waals surface area contributed by atoms with E-state index < -0.39 is 17.9 Å². The molecule has 0 radical (unpaired) electrons. The molecule has 2 atom stereocenters. The summed E-state index contributed by atoms with van der Waals surface area (Å²) in [6.07, 6.45) is -1.23. The molecule has 20 heavy (non-hydrogen) atoms. The largest absolute Gasteiger partial charge is 0.444 e. The Labute approximate surface area is 118 Å². The second-order valence-electron chi connectivity index (χ2n) is 6.15. The van der Waals surface area contributed by atoms with Crippen molar-refractivity contribution in [3.8, 4) is 0 Å². The number of likely N-dealkylation sites (tertiary alicyclic amines) is 1. The van der Waals surface area contributed by atoms with Gasteiger partial charge in [0.25, 0.3) is 0 Å². The SMILES string of the molecule is CC(C)(C)OC(=O)N1CC(F)CC1c1cccc(N)c1. The van der Waals surface area contributed by atoms with Crippen LogP contribution in [-0.4, -0.2) is 29.3 Å². The molecule has 1 aliphatic heterocycles. The van der Waals surface area contributed by atoms with Crippen molar-refractivity contribution in [3.63, 3.8) is 0 Å². The Morgan fingerprint density at radius 2 is 2.15 bits per heavy atom. The van der Waals surface area contributed by atoms with Gasteiger partial charge >= 0.3 is 6.09 Å². The van der Waals surface area contributed by atoms with Crippen molar-refractivity contribution in [2.45, 2.75) is 45.0 Å². The topological polar surface area (TPSA) is 55.6 Å². The molecule has 2 rings (SSSR count). The fourth-order valence-corrected chi connectivity index (χ4v) is 2.39. The number of rotatable bonds is 1. The van der Waals surface area contributed by atoms with E-state index in [4.69, 9.17) is 10.5 Å². The van der Waals surface area contributed by atoms with Crippen molar-refractivity contribution in [2.24, 2.45) is 0 Å². The van der Waals surface area contributed by atoms with Crippen LogP contribution in [0.15, 0.2) is 24.3 Å².